The number of hydrogen-bond acceptors (Lipinski definition) is 4. The maximum Gasteiger partial charge on any atom is 0.126 e. The van der Waals surface area contributed by atoms with Gasteiger partial charge in [-0.2, -0.15) is 0 Å². The molecule has 0 N–H and O–H groups in total. The van der Waals surface area contributed by atoms with Gasteiger partial charge in [-0.3, -0.25) is 4.90 Å². The average Bonchev–Trinajstić information content (AvgIpc) is 3.02. The molecule has 214 valence electrons. The van der Waals surface area contributed by atoms with E-state index in [1.54, 1.807) is 6.07 Å². The third-order valence-corrected chi connectivity index (χ3v) is 7.88. The summed E-state index contributed by atoms with van der Waals surface area (Å²) in [5, 5.41) is 0. The number of likely N-dealkylation sites (tertiary alicyclic amines) is 1. The Kier molecular flexibility index (Phi) is 10.7. The highest BCUT2D eigenvalue weighted by Gasteiger charge is 2.43. The molecule has 0 radical (unpaired) electrons. The van der Waals surface area contributed by atoms with Gasteiger partial charge in [0.25, 0.3) is 0 Å². The molecule has 41 heavy (non-hydrogen) atoms. The summed E-state index contributed by atoms with van der Waals surface area (Å²) in [5.74, 6) is -0.137. The molecule has 1 aliphatic rings. The highest BCUT2D eigenvalue weighted by atomic mass is 19.1. The molecule has 4 aromatic carbocycles. The summed E-state index contributed by atoms with van der Waals surface area (Å²) in [4.78, 5) is 2.43. The van der Waals surface area contributed by atoms with E-state index in [1.165, 1.54) is 6.07 Å². The Balaban J connectivity index is 1.34. The van der Waals surface area contributed by atoms with Gasteiger partial charge < -0.3 is 14.2 Å². The third kappa shape index (κ3) is 8.34. The Morgan fingerprint density at radius 1 is 0.634 bits per heavy atom. The Morgan fingerprint density at radius 2 is 1.12 bits per heavy atom. The molecule has 0 saturated carbocycles. The predicted octanol–water partition coefficient (Wildman–Crippen LogP) is 7.22. The Hall–Kier alpha value is -3.35. The molecular weight excluding hydrogens is 513 g/mol. The fourth-order valence-corrected chi connectivity index (χ4v) is 5.56. The number of benzene rings is 4. The van der Waals surface area contributed by atoms with Gasteiger partial charge in [-0.1, -0.05) is 109 Å². The van der Waals surface area contributed by atoms with Crippen LogP contribution in [0.2, 0.25) is 0 Å². The molecule has 1 heterocycles. The van der Waals surface area contributed by atoms with E-state index < -0.39 is 0 Å². The van der Waals surface area contributed by atoms with Crippen LogP contribution in [0.25, 0.3) is 0 Å². The van der Waals surface area contributed by atoms with Crippen molar-refractivity contribution in [3.8, 4) is 0 Å². The van der Waals surface area contributed by atoms with Gasteiger partial charge in [-0.05, 0) is 54.6 Å². The van der Waals surface area contributed by atoms with Crippen LogP contribution in [-0.2, 0) is 40.5 Å². The molecule has 0 aromatic heterocycles. The zero-order valence-electron chi connectivity index (χ0n) is 23.8. The molecular formula is C36H40FNO3. The van der Waals surface area contributed by atoms with Crippen molar-refractivity contribution in [1.82, 2.24) is 4.90 Å². The second-order valence-electron chi connectivity index (χ2n) is 10.8. The normalized spacial score (nSPS) is 21.1. The number of ether oxygens (including phenoxy) is 3. The first-order valence-electron chi connectivity index (χ1n) is 14.6. The van der Waals surface area contributed by atoms with Crippen LogP contribution in [-0.4, -0.2) is 42.3 Å². The Labute approximate surface area is 243 Å². The smallest absolute Gasteiger partial charge is 0.126 e. The quantitative estimate of drug-likeness (QED) is 0.175. The SMILES string of the molecule is C[C@@H]1[C@@H](OCc2ccccc2)[C@H](OCc2ccccc2)[C@@H](OCc2ccccc2)CN1CCCc1ccccc1F. The van der Waals surface area contributed by atoms with Gasteiger partial charge in [-0.25, -0.2) is 4.39 Å². The fraction of sp³-hybridized carbons (Fsp3) is 0.333. The molecule has 4 nitrogen and oxygen atoms in total. The summed E-state index contributed by atoms with van der Waals surface area (Å²) in [6, 6.07) is 37.9. The summed E-state index contributed by atoms with van der Waals surface area (Å²) in [6.45, 7) is 5.23. The number of aryl methyl sites for hydroxylation is 1. The standard InChI is InChI=1S/C36H40FNO3/c1-28-35(40-26-30-16-7-3-8-17-30)36(41-27-31-18-9-4-10-19-31)34(39-25-29-14-5-2-6-15-29)24-38(28)23-13-21-32-20-11-12-22-33(32)37/h2-12,14-20,22,28,34-36H,13,21,23-27H2,1H3/t28-,34+,35-,36-/m1/s1. The van der Waals surface area contributed by atoms with Crippen molar-refractivity contribution in [2.24, 2.45) is 0 Å². The first-order valence-corrected chi connectivity index (χ1v) is 14.6. The minimum absolute atomic E-state index is 0.0941. The summed E-state index contributed by atoms with van der Waals surface area (Å²) < 4.78 is 34.2. The number of rotatable bonds is 13. The van der Waals surface area contributed by atoms with E-state index in [4.69, 9.17) is 14.2 Å². The second-order valence-corrected chi connectivity index (χ2v) is 10.8. The summed E-state index contributed by atoms with van der Waals surface area (Å²) in [7, 11) is 0. The highest BCUT2D eigenvalue weighted by molar-refractivity contribution is 5.18. The van der Waals surface area contributed by atoms with Gasteiger partial charge in [0.2, 0.25) is 0 Å². The molecule has 0 amide bonds. The zero-order chi connectivity index (χ0) is 28.3. The van der Waals surface area contributed by atoms with Crippen molar-refractivity contribution < 1.29 is 18.6 Å². The van der Waals surface area contributed by atoms with Crippen LogP contribution in [0.1, 0.15) is 35.6 Å². The Morgan fingerprint density at radius 3 is 1.68 bits per heavy atom. The van der Waals surface area contributed by atoms with Gasteiger partial charge in [0.15, 0.2) is 0 Å². The molecule has 4 aromatic rings. The van der Waals surface area contributed by atoms with Crippen molar-refractivity contribution in [3.63, 3.8) is 0 Å². The summed E-state index contributed by atoms with van der Waals surface area (Å²) in [5.41, 5.74) is 4.13. The van der Waals surface area contributed by atoms with Crippen LogP contribution in [0.3, 0.4) is 0 Å². The van der Waals surface area contributed by atoms with Crippen LogP contribution >= 0.6 is 0 Å². The molecule has 0 unspecified atom stereocenters. The number of piperidine rings is 1. The lowest BCUT2D eigenvalue weighted by atomic mass is 9.93. The summed E-state index contributed by atoms with van der Waals surface area (Å²) in [6.07, 6.45) is 0.888. The van der Waals surface area contributed by atoms with Crippen LogP contribution in [0.15, 0.2) is 115 Å². The van der Waals surface area contributed by atoms with Crippen LogP contribution in [0, 0.1) is 5.82 Å². The van der Waals surface area contributed by atoms with E-state index in [2.05, 4.69) is 48.2 Å². The number of nitrogens with zero attached hydrogens (tertiary/aromatic N) is 1. The molecule has 1 fully saturated rings. The lowest BCUT2D eigenvalue weighted by Gasteiger charge is -2.47. The monoisotopic (exact) mass is 553 g/mol. The van der Waals surface area contributed by atoms with Crippen molar-refractivity contribution in [1.29, 1.82) is 0 Å². The van der Waals surface area contributed by atoms with Crippen molar-refractivity contribution in [3.05, 3.63) is 143 Å². The topological polar surface area (TPSA) is 30.9 Å². The van der Waals surface area contributed by atoms with Crippen LogP contribution < -0.4 is 0 Å². The molecule has 5 heteroatoms. The first kappa shape index (κ1) is 29.2. The minimum Gasteiger partial charge on any atom is -0.369 e. The number of hydrogen-bond donors (Lipinski definition) is 0. The van der Waals surface area contributed by atoms with E-state index in [9.17, 15) is 4.39 Å². The lowest BCUT2D eigenvalue weighted by Crippen LogP contribution is -2.62. The molecule has 1 saturated heterocycles. The van der Waals surface area contributed by atoms with E-state index in [0.29, 0.717) is 26.2 Å². The van der Waals surface area contributed by atoms with E-state index in [1.807, 2.05) is 66.7 Å². The van der Waals surface area contributed by atoms with Crippen molar-refractivity contribution in [2.45, 2.75) is 63.9 Å². The number of halogens is 1. The van der Waals surface area contributed by atoms with Gasteiger partial charge in [0, 0.05) is 12.6 Å². The predicted molar refractivity (Wildman–Crippen MR) is 161 cm³/mol. The van der Waals surface area contributed by atoms with Crippen LogP contribution in [0.4, 0.5) is 4.39 Å². The van der Waals surface area contributed by atoms with Gasteiger partial charge in [0.1, 0.15) is 18.0 Å². The first-order chi connectivity index (χ1) is 20.2. The van der Waals surface area contributed by atoms with Gasteiger partial charge in [-0.15, -0.1) is 0 Å². The zero-order valence-corrected chi connectivity index (χ0v) is 23.8. The molecule has 0 spiro atoms. The van der Waals surface area contributed by atoms with Gasteiger partial charge in [0.05, 0.1) is 25.9 Å². The van der Waals surface area contributed by atoms with E-state index >= 15 is 0 Å². The molecule has 0 aliphatic carbocycles. The molecule has 0 bridgehead atoms. The maximum absolute atomic E-state index is 14.3. The average molecular weight is 554 g/mol. The Bertz CT molecular complexity index is 1300. The highest BCUT2D eigenvalue weighted by Crippen LogP contribution is 2.29. The van der Waals surface area contributed by atoms with Crippen molar-refractivity contribution in [2.75, 3.05) is 13.1 Å². The molecule has 1 aliphatic heterocycles. The summed E-state index contributed by atoms with van der Waals surface area (Å²) >= 11 is 0. The second kappa shape index (κ2) is 15.0. The van der Waals surface area contributed by atoms with Crippen LogP contribution in [0.5, 0.6) is 0 Å². The minimum atomic E-state index is -0.250. The fourth-order valence-electron chi connectivity index (χ4n) is 5.56. The van der Waals surface area contributed by atoms with E-state index in [-0.39, 0.29) is 30.2 Å². The van der Waals surface area contributed by atoms with E-state index in [0.717, 1.165) is 41.8 Å². The third-order valence-electron chi connectivity index (χ3n) is 7.88. The molecule has 5 rings (SSSR count). The lowest BCUT2D eigenvalue weighted by molar-refractivity contribution is -0.200. The largest absolute Gasteiger partial charge is 0.369 e. The molecule has 4 atom stereocenters. The van der Waals surface area contributed by atoms with Gasteiger partial charge >= 0.3 is 0 Å². The van der Waals surface area contributed by atoms with Crippen molar-refractivity contribution >= 4 is 0 Å². The maximum atomic E-state index is 14.3.